The minimum atomic E-state index is -4.32. The molecule has 2 aromatic rings. The largest absolute Gasteiger partial charge is 0.389 e. The predicted molar refractivity (Wildman–Crippen MR) is 92.9 cm³/mol. The molecule has 25 heavy (non-hydrogen) atoms. The number of alkyl halides is 3. The van der Waals surface area contributed by atoms with Crippen LogP contribution in [0.5, 0.6) is 0 Å². The second kappa shape index (κ2) is 7.50. The van der Waals surface area contributed by atoms with Gasteiger partial charge in [0.05, 0.1) is 16.7 Å². The molecule has 0 aliphatic heterocycles. The first kappa shape index (κ1) is 20.0. The van der Waals surface area contributed by atoms with Crippen LogP contribution in [0.25, 0.3) is 5.65 Å². The van der Waals surface area contributed by atoms with E-state index in [0.717, 1.165) is 10.0 Å². The van der Waals surface area contributed by atoms with Gasteiger partial charge in [-0.05, 0) is 51.3 Å². The highest BCUT2D eigenvalue weighted by Crippen LogP contribution is 2.35. The van der Waals surface area contributed by atoms with Crippen LogP contribution in [0, 0.1) is 13.8 Å². The van der Waals surface area contributed by atoms with Crippen LogP contribution in [0.15, 0.2) is 8.95 Å². The number of amides is 1. The first-order valence-corrected chi connectivity index (χ1v) is 8.74. The van der Waals surface area contributed by atoms with Crippen molar-refractivity contribution in [3.63, 3.8) is 0 Å². The quantitative estimate of drug-likeness (QED) is 0.441. The molecule has 1 amide bonds. The molecule has 0 saturated carbocycles. The molecule has 0 unspecified atom stereocenters. The fourth-order valence-electron chi connectivity index (χ4n) is 2.43. The van der Waals surface area contributed by atoms with Crippen molar-refractivity contribution < 1.29 is 23.2 Å². The molecule has 6 nitrogen and oxygen atoms in total. The Morgan fingerprint density at radius 3 is 2.48 bits per heavy atom. The van der Waals surface area contributed by atoms with Crippen LogP contribution in [-0.4, -0.2) is 33.2 Å². The maximum atomic E-state index is 12.7. The van der Waals surface area contributed by atoms with Crippen LogP contribution in [-0.2, 0) is 11.2 Å². The minimum absolute atomic E-state index is 0.161. The predicted octanol–water partition coefficient (Wildman–Crippen LogP) is 3.89. The van der Waals surface area contributed by atoms with Crippen LogP contribution >= 0.6 is 31.9 Å². The maximum Gasteiger partial charge on any atom is 0.389 e. The standard InChI is InChI=1S/C14H15Br2F3N4O2/c1-6-10(15)7(2)23-8(3-4-14(17,18)19)12(20-5-9(24)22-25)21-13(23)11(6)16/h20,25H,3-5H2,1-2H3,(H,22,24). The molecule has 0 saturated heterocycles. The van der Waals surface area contributed by atoms with Gasteiger partial charge in [0.2, 0.25) is 0 Å². The summed E-state index contributed by atoms with van der Waals surface area (Å²) in [5.41, 5.74) is 3.76. The Morgan fingerprint density at radius 1 is 1.28 bits per heavy atom. The van der Waals surface area contributed by atoms with Crippen LogP contribution in [0.4, 0.5) is 19.0 Å². The number of hydrogen-bond donors (Lipinski definition) is 3. The van der Waals surface area contributed by atoms with E-state index in [1.165, 1.54) is 5.48 Å². The van der Waals surface area contributed by atoms with E-state index < -0.39 is 18.5 Å². The van der Waals surface area contributed by atoms with Crippen molar-refractivity contribution in [2.75, 3.05) is 11.9 Å². The molecule has 2 heterocycles. The van der Waals surface area contributed by atoms with Crippen molar-refractivity contribution in [2.45, 2.75) is 32.9 Å². The average molecular weight is 488 g/mol. The third-order valence-electron chi connectivity index (χ3n) is 3.67. The Balaban J connectivity index is 2.59. The molecule has 0 spiro atoms. The summed E-state index contributed by atoms with van der Waals surface area (Å²) in [6.45, 7) is 3.28. The Bertz CT molecular complexity index is 821. The number of nitrogens with zero attached hydrogens (tertiary/aromatic N) is 2. The number of hydrogen-bond acceptors (Lipinski definition) is 4. The lowest BCUT2D eigenvalue weighted by Crippen LogP contribution is -2.27. The van der Waals surface area contributed by atoms with Gasteiger partial charge in [-0.25, -0.2) is 10.5 Å². The number of halogens is 5. The zero-order chi connectivity index (χ0) is 18.9. The van der Waals surface area contributed by atoms with Crippen LogP contribution < -0.4 is 10.8 Å². The summed E-state index contributed by atoms with van der Waals surface area (Å²) >= 11 is 6.86. The molecule has 0 aromatic carbocycles. The van der Waals surface area contributed by atoms with Gasteiger partial charge in [0.25, 0.3) is 5.91 Å². The lowest BCUT2D eigenvalue weighted by molar-refractivity contribution is -0.134. The van der Waals surface area contributed by atoms with Crippen molar-refractivity contribution in [1.82, 2.24) is 14.9 Å². The van der Waals surface area contributed by atoms with Gasteiger partial charge in [0.15, 0.2) is 5.65 Å². The topological polar surface area (TPSA) is 78.7 Å². The number of nitrogens with one attached hydrogen (secondary N) is 2. The molecule has 2 aromatic heterocycles. The SMILES string of the molecule is Cc1c(Br)c(C)n2c(CCC(F)(F)F)c(NCC(=O)NO)nc2c1Br. The highest BCUT2D eigenvalue weighted by molar-refractivity contribution is 9.11. The van der Waals surface area contributed by atoms with E-state index in [1.54, 1.807) is 11.3 Å². The lowest BCUT2D eigenvalue weighted by atomic mass is 10.2. The third kappa shape index (κ3) is 4.26. The minimum Gasteiger partial charge on any atom is -0.359 e. The summed E-state index contributed by atoms with van der Waals surface area (Å²) in [7, 11) is 0. The summed E-state index contributed by atoms with van der Waals surface area (Å²) in [5.74, 6) is -0.568. The van der Waals surface area contributed by atoms with E-state index in [1.807, 2.05) is 6.92 Å². The van der Waals surface area contributed by atoms with Gasteiger partial charge in [-0.1, -0.05) is 0 Å². The summed E-state index contributed by atoms with van der Waals surface area (Å²) in [4.78, 5) is 15.6. The fraction of sp³-hybridized carbons (Fsp3) is 0.429. The number of carbonyl (C=O) groups is 1. The van der Waals surface area contributed by atoms with Crippen molar-refractivity contribution in [3.05, 3.63) is 25.9 Å². The number of aryl methyl sites for hydroxylation is 2. The number of fused-ring (bicyclic) bond motifs is 1. The Kier molecular flexibility index (Phi) is 6.00. The normalized spacial score (nSPS) is 11.8. The zero-order valence-corrected chi connectivity index (χ0v) is 16.4. The number of pyridine rings is 1. The molecular formula is C14H15Br2F3N4O2. The number of rotatable bonds is 5. The van der Waals surface area contributed by atoms with E-state index in [0.29, 0.717) is 21.5 Å². The molecule has 0 aliphatic rings. The summed E-state index contributed by atoms with van der Waals surface area (Å²) in [6, 6.07) is 0. The van der Waals surface area contributed by atoms with Gasteiger partial charge in [0.1, 0.15) is 5.82 Å². The molecule has 0 radical (unpaired) electrons. The summed E-state index contributed by atoms with van der Waals surface area (Å²) < 4.78 is 41.1. The number of carbonyl (C=O) groups excluding carboxylic acids is 1. The van der Waals surface area contributed by atoms with Gasteiger partial charge in [-0.2, -0.15) is 13.2 Å². The molecule has 2 rings (SSSR count). The highest BCUT2D eigenvalue weighted by Gasteiger charge is 2.29. The molecule has 0 aliphatic carbocycles. The van der Waals surface area contributed by atoms with Crippen LogP contribution in [0.1, 0.15) is 23.4 Å². The Labute approximate surface area is 158 Å². The monoisotopic (exact) mass is 486 g/mol. The molecule has 3 N–H and O–H groups in total. The summed E-state index contributed by atoms with van der Waals surface area (Å²) in [5, 5.41) is 11.2. The van der Waals surface area contributed by atoms with Gasteiger partial charge in [-0.15, -0.1) is 0 Å². The molecule has 11 heteroatoms. The number of imidazole rings is 1. The zero-order valence-electron chi connectivity index (χ0n) is 13.3. The second-order valence-corrected chi connectivity index (χ2v) is 6.99. The summed E-state index contributed by atoms with van der Waals surface area (Å²) in [6.07, 6.45) is -5.66. The average Bonchev–Trinajstić information content (AvgIpc) is 2.92. The third-order valence-corrected chi connectivity index (χ3v) is 5.78. The first-order valence-electron chi connectivity index (χ1n) is 7.15. The number of aromatic nitrogens is 2. The Morgan fingerprint density at radius 2 is 1.92 bits per heavy atom. The van der Waals surface area contributed by atoms with Gasteiger partial charge in [0, 0.05) is 23.0 Å². The van der Waals surface area contributed by atoms with Crippen LogP contribution in [0.3, 0.4) is 0 Å². The van der Waals surface area contributed by atoms with E-state index in [9.17, 15) is 18.0 Å². The second-order valence-electron chi connectivity index (χ2n) is 5.41. The Hall–Kier alpha value is -1.33. The maximum absolute atomic E-state index is 12.7. The van der Waals surface area contributed by atoms with Crippen molar-refractivity contribution in [3.8, 4) is 0 Å². The smallest absolute Gasteiger partial charge is 0.359 e. The molecular weight excluding hydrogens is 473 g/mol. The van der Waals surface area contributed by atoms with Crippen molar-refractivity contribution >= 4 is 49.2 Å². The molecule has 0 fully saturated rings. The van der Waals surface area contributed by atoms with E-state index >= 15 is 0 Å². The van der Waals surface area contributed by atoms with E-state index in [2.05, 4.69) is 42.2 Å². The van der Waals surface area contributed by atoms with Gasteiger partial charge >= 0.3 is 6.18 Å². The van der Waals surface area contributed by atoms with E-state index in [-0.39, 0.29) is 18.8 Å². The van der Waals surface area contributed by atoms with Gasteiger partial charge < -0.3 is 5.32 Å². The van der Waals surface area contributed by atoms with Crippen molar-refractivity contribution in [2.24, 2.45) is 0 Å². The van der Waals surface area contributed by atoms with Crippen LogP contribution in [0.2, 0.25) is 0 Å². The molecule has 138 valence electrons. The van der Waals surface area contributed by atoms with Gasteiger partial charge in [-0.3, -0.25) is 14.4 Å². The van der Waals surface area contributed by atoms with E-state index in [4.69, 9.17) is 5.21 Å². The molecule has 0 atom stereocenters. The number of hydroxylamine groups is 1. The first-order chi connectivity index (χ1) is 11.6. The van der Waals surface area contributed by atoms with Crippen molar-refractivity contribution in [1.29, 1.82) is 0 Å². The molecule has 0 bridgehead atoms. The fourth-order valence-corrected chi connectivity index (χ4v) is 3.54. The highest BCUT2D eigenvalue weighted by atomic mass is 79.9. The lowest BCUT2D eigenvalue weighted by Gasteiger charge is -2.13. The number of anilines is 1.